The third-order valence-electron chi connectivity index (χ3n) is 3.09. The predicted octanol–water partition coefficient (Wildman–Crippen LogP) is 3.15. The van der Waals surface area contributed by atoms with Crippen molar-refractivity contribution in [3.8, 4) is 0 Å². The van der Waals surface area contributed by atoms with Crippen LogP contribution in [-0.4, -0.2) is 16.9 Å². The average Bonchev–Trinajstić information content (AvgIpc) is 3.12. The summed E-state index contributed by atoms with van der Waals surface area (Å²) in [5.74, 6) is 0.759. The smallest absolute Gasteiger partial charge is 0.270 e. The van der Waals surface area contributed by atoms with Crippen LogP contribution in [0.3, 0.4) is 0 Å². The van der Waals surface area contributed by atoms with Crippen LogP contribution in [0.2, 0.25) is 0 Å². The number of nitrogens with one attached hydrogen (secondary N) is 1. The Hall–Kier alpha value is -0.900. The molecule has 1 aliphatic carbocycles. The van der Waals surface area contributed by atoms with E-state index in [9.17, 15) is 4.79 Å². The number of nitrogens with zero attached hydrogens (tertiary/aromatic N) is 1. The van der Waals surface area contributed by atoms with Crippen molar-refractivity contribution in [2.24, 2.45) is 5.92 Å². The Kier molecular flexibility index (Phi) is 4.15. The van der Waals surface area contributed by atoms with Gasteiger partial charge in [0.15, 0.2) is 0 Å². The van der Waals surface area contributed by atoms with Gasteiger partial charge in [-0.1, -0.05) is 25.8 Å². The number of halogens is 1. The van der Waals surface area contributed by atoms with Crippen LogP contribution in [-0.2, 0) is 0 Å². The van der Waals surface area contributed by atoms with E-state index >= 15 is 0 Å². The molecule has 1 amide bonds. The van der Waals surface area contributed by atoms with Gasteiger partial charge >= 0.3 is 0 Å². The molecule has 1 aromatic heterocycles. The minimum absolute atomic E-state index is 0.0706. The number of hydrogen-bond acceptors (Lipinski definition) is 2. The zero-order valence-electron chi connectivity index (χ0n) is 9.95. The largest absolute Gasteiger partial charge is 0.348 e. The molecule has 1 aromatic rings. The molecule has 92 valence electrons. The lowest BCUT2D eigenvalue weighted by Crippen LogP contribution is -2.35. The van der Waals surface area contributed by atoms with Crippen LogP contribution in [0.4, 0.5) is 0 Å². The van der Waals surface area contributed by atoms with Crippen molar-refractivity contribution >= 4 is 21.8 Å². The Bertz CT molecular complexity index is 404. The van der Waals surface area contributed by atoms with E-state index < -0.39 is 0 Å². The molecule has 4 heteroatoms. The maximum absolute atomic E-state index is 12.0. The standard InChI is InChI=1S/C13H17BrN2O/c1-2-10(8-9-6-7-9)15-13(17)11-4-3-5-12(14)16-11/h3-5,9-10H,2,6-8H2,1H3,(H,15,17). The first-order chi connectivity index (χ1) is 8.19. The van der Waals surface area contributed by atoms with E-state index in [1.807, 2.05) is 12.1 Å². The monoisotopic (exact) mass is 296 g/mol. The highest BCUT2D eigenvalue weighted by molar-refractivity contribution is 9.10. The summed E-state index contributed by atoms with van der Waals surface area (Å²) in [5, 5.41) is 3.06. The lowest BCUT2D eigenvalue weighted by Gasteiger charge is -2.16. The lowest BCUT2D eigenvalue weighted by molar-refractivity contribution is 0.0927. The molecule has 2 rings (SSSR count). The van der Waals surface area contributed by atoms with Crippen LogP contribution in [0.5, 0.6) is 0 Å². The van der Waals surface area contributed by atoms with Gasteiger partial charge < -0.3 is 5.32 Å². The molecule has 0 aromatic carbocycles. The van der Waals surface area contributed by atoms with Crippen LogP contribution in [0.1, 0.15) is 43.1 Å². The molecule has 1 N–H and O–H groups in total. The summed E-state index contributed by atoms with van der Waals surface area (Å²) >= 11 is 3.27. The van der Waals surface area contributed by atoms with Gasteiger partial charge in [0, 0.05) is 6.04 Å². The summed E-state index contributed by atoms with van der Waals surface area (Å²) in [6, 6.07) is 5.67. The van der Waals surface area contributed by atoms with E-state index in [-0.39, 0.29) is 11.9 Å². The minimum atomic E-state index is -0.0706. The van der Waals surface area contributed by atoms with E-state index in [1.165, 1.54) is 12.8 Å². The number of hydrogen-bond donors (Lipinski definition) is 1. The van der Waals surface area contributed by atoms with Gasteiger partial charge in [0.1, 0.15) is 10.3 Å². The number of amides is 1. The zero-order chi connectivity index (χ0) is 12.3. The van der Waals surface area contributed by atoms with Gasteiger partial charge in [-0.2, -0.15) is 0 Å². The molecule has 1 atom stereocenters. The normalized spacial score (nSPS) is 16.6. The summed E-state index contributed by atoms with van der Waals surface area (Å²) < 4.78 is 0.695. The maximum atomic E-state index is 12.0. The molecule has 1 unspecified atom stereocenters. The lowest BCUT2D eigenvalue weighted by atomic mass is 10.1. The van der Waals surface area contributed by atoms with Crippen molar-refractivity contribution in [3.05, 3.63) is 28.5 Å². The van der Waals surface area contributed by atoms with Crippen molar-refractivity contribution in [3.63, 3.8) is 0 Å². The van der Waals surface area contributed by atoms with E-state index in [4.69, 9.17) is 0 Å². The van der Waals surface area contributed by atoms with Crippen molar-refractivity contribution in [1.29, 1.82) is 0 Å². The van der Waals surface area contributed by atoms with Gasteiger partial charge in [-0.05, 0) is 46.8 Å². The van der Waals surface area contributed by atoms with Crippen LogP contribution in [0.15, 0.2) is 22.8 Å². The fourth-order valence-electron chi connectivity index (χ4n) is 1.88. The zero-order valence-corrected chi connectivity index (χ0v) is 11.5. The van der Waals surface area contributed by atoms with E-state index in [1.54, 1.807) is 6.07 Å². The van der Waals surface area contributed by atoms with Gasteiger partial charge in [-0.25, -0.2) is 4.98 Å². The van der Waals surface area contributed by atoms with Crippen LogP contribution in [0.25, 0.3) is 0 Å². The molecular weight excluding hydrogens is 280 g/mol. The minimum Gasteiger partial charge on any atom is -0.348 e. The molecule has 1 saturated carbocycles. The first-order valence-corrected chi connectivity index (χ1v) is 6.91. The molecule has 0 aliphatic heterocycles. The fraction of sp³-hybridized carbons (Fsp3) is 0.538. The number of aromatic nitrogens is 1. The van der Waals surface area contributed by atoms with E-state index in [2.05, 4.69) is 33.2 Å². The molecule has 0 saturated heterocycles. The average molecular weight is 297 g/mol. The summed E-state index contributed by atoms with van der Waals surface area (Å²) in [4.78, 5) is 16.1. The highest BCUT2D eigenvalue weighted by atomic mass is 79.9. The number of rotatable bonds is 5. The number of carbonyl (C=O) groups is 1. The van der Waals surface area contributed by atoms with E-state index in [0.717, 1.165) is 18.8 Å². The highest BCUT2D eigenvalue weighted by Gasteiger charge is 2.25. The van der Waals surface area contributed by atoms with Crippen LogP contribution in [0, 0.1) is 5.92 Å². The number of carbonyl (C=O) groups excluding carboxylic acids is 1. The fourth-order valence-corrected chi connectivity index (χ4v) is 2.22. The summed E-state index contributed by atoms with van der Waals surface area (Å²) in [5.41, 5.74) is 0.480. The third-order valence-corrected chi connectivity index (χ3v) is 3.53. The SMILES string of the molecule is CCC(CC1CC1)NC(=O)c1cccc(Br)n1. The summed E-state index contributed by atoms with van der Waals surface area (Å²) in [7, 11) is 0. The highest BCUT2D eigenvalue weighted by Crippen LogP contribution is 2.34. The molecule has 1 heterocycles. The Morgan fingerprint density at radius 3 is 2.94 bits per heavy atom. The second-order valence-electron chi connectivity index (χ2n) is 4.60. The van der Waals surface area contributed by atoms with Crippen molar-refractivity contribution in [2.75, 3.05) is 0 Å². The molecule has 17 heavy (non-hydrogen) atoms. The molecule has 1 fully saturated rings. The van der Waals surface area contributed by atoms with Crippen LogP contribution >= 0.6 is 15.9 Å². The Morgan fingerprint density at radius 1 is 1.59 bits per heavy atom. The van der Waals surface area contributed by atoms with Gasteiger partial charge in [0.05, 0.1) is 0 Å². The molecule has 0 radical (unpaired) electrons. The topological polar surface area (TPSA) is 42.0 Å². The summed E-state index contributed by atoms with van der Waals surface area (Å²) in [6.45, 7) is 2.11. The van der Waals surface area contributed by atoms with Gasteiger partial charge in [0.25, 0.3) is 5.91 Å². The second-order valence-corrected chi connectivity index (χ2v) is 5.42. The molecule has 0 spiro atoms. The maximum Gasteiger partial charge on any atom is 0.270 e. The van der Waals surface area contributed by atoms with Crippen molar-refractivity contribution in [2.45, 2.75) is 38.6 Å². The first kappa shape index (κ1) is 12.6. The molecule has 3 nitrogen and oxygen atoms in total. The van der Waals surface area contributed by atoms with Crippen molar-refractivity contribution < 1.29 is 4.79 Å². The molecular formula is C13H17BrN2O. The molecule has 0 bridgehead atoms. The second kappa shape index (κ2) is 5.63. The Labute approximate surface area is 110 Å². The Morgan fingerprint density at radius 2 is 2.35 bits per heavy atom. The predicted molar refractivity (Wildman–Crippen MR) is 70.8 cm³/mol. The quantitative estimate of drug-likeness (QED) is 0.848. The van der Waals surface area contributed by atoms with Crippen LogP contribution < -0.4 is 5.32 Å². The summed E-state index contributed by atoms with van der Waals surface area (Å²) in [6.07, 6.45) is 4.73. The number of pyridine rings is 1. The first-order valence-electron chi connectivity index (χ1n) is 6.12. The van der Waals surface area contributed by atoms with Crippen molar-refractivity contribution in [1.82, 2.24) is 10.3 Å². The third kappa shape index (κ3) is 3.80. The van der Waals surface area contributed by atoms with Gasteiger partial charge in [-0.15, -0.1) is 0 Å². The Balaban J connectivity index is 1.94. The van der Waals surface area contributed by atoms with Gasteiger partial charge in [0.2, 0.25) is 0 Å². The van der Waals surface area contributed by atoms with Gasteiger partial charge in [-0.3, -0.25) is 4.79 Å². The molecule has 1 aliphatic rings. The van der Waals surface area contributed by atoms with E-state index in [0.29, 0.717) is 10.3 Å².